The van der Waals surface area contributed by atoms with Crippen LogP contribution in [0.5, 0.6) is 0 Å². The molecule has 0 fully saturated rings. The minimum atomic E-state index is -0.514. The maximum Gasteiger partial charge on any atom is 0.407 e. The lowest BCUT2D eigenvalue weighted by molar-refractivity contribution is 0.0529. The lowest BCUT2D eigenvalue weighted by Crippen LogP contribution is -2.32. The van der Waals surface area contributed by atoms with Crippen LogP contribution in [0.25, 0.3) is 0 Å². The zero-order valence-corrected chi connectivity index (χ0v) is 13.0. The summed E-state index contributed by atoms with van der Waals surface area (Å²) in [5.74, 6) is 10.6. The lowest BCUT2D eigenvalue weighted by Gasteiger charge is -2.19. The number of rotatable bonds is 3. The van der Waals surface area contributed by atoms with Crippen LogP contribution in [0.2, 0.25) is 0 Å². The number of hydrogen-bond acceptors (Lipinski definition) is 4. The molecule has 0 bridgehead atoms. The van der Waals surface area contributed by atoms with Crippen LogP contribution in [-0.4, -0.2) is 24.1 Å². The number of nitrogen functional groups attached to an aromatic ring is 1. The van der Waals surface area contributed by atoms with Gasteiger partial charge in [0.15, 0.2) is 0 Å². The first-order chi connectivity index (χ1) is 10.3. The molecule has 0 aromatic heterocycles. The largest absolute Gasteiger partial charge is 0.444 e. The standard InChI is InChI=1S/C16H21N3O3/c1-16(2,3)22-15(21)18-10-5-4-7-12-8-6-9-13(11-12)14(20)19-17/h6,8-9,11H,5,10,17H2,1-3H3,(H,18,21)(H,19,20). The third kappa shape index (κ3) is 6.77. The van der Waals surface area contributed by atoms with E-state index in [1.165, 1.54) is 0 Å². The zero-order chi connectivity index (χ0) is 16.6. The summed E-state index contributed by atoms with van der Waals surface area (Å²) in [7, 11) is 0. The monoisotopic (exact) mass is 303 g/mol. The second-order valence-electron chi connectivity index (χ2n) is 5.53. The average molecular weight is 303 g/mol. The summed E-state index contributed by atoms with van der Waals surface area (Å²) in [6, 6.07) is 6.82. The normalized spacial score (nSPS) is 10.2. The molecule has 1 aromatic rings. The van der Waals surface area contributed by atoms with E-state index < -0.39 is 11.7 Å². The number of benzene rings is 1. The molecular formula is C16H21N3O3. The maximum absolute atomic E-state index is 11.4. The Balaban J connectivity index is 2.45. The SMILES string of the molecule is CC(C)(C)OC(=O)NCCC#Cc1cccc(C(=O)NN)c1. The van der Waals surface area contributed by atoms with Crippen molar-refractivity contribution in [2.24, 2.45) is 5.84 Å². The van der Waals surface area contributed by atoms with Crippen molar-refractivity contribution >= 4 is 12.0 Å². The number of hydrogen-bond donors (Lipinski definition) is 3. The molecule has 118 valence electrons. The second-order valence-corrected chi connectivity index (χ2v) is 5.53. The van der Waals surface area contributed by atoms with Crippen LogP contribution in [0.1, 0.15) is 43.1 Å². The molecule has 1 rings (SSSR count). The van der Waals surface area contributed by atoms with Crippen LogP contribution < -0.4 is 16.6 Å². The van der Waals surface area contributed by atoms with E-state index in [-0.39, 0.29) is 5.91 Å². The van der Waals surface area contributed by atoms with E-state index in [4.69, 9.17) is 10.6 Å². The first-order valence-corrected chi connectivity index (χ1v) is 6.88. The molecule has 6 nitrogen and oxygen atoms in total. The van der Waals surface area contributed by atoms with Gasteiger partial charge in [-0.3, -0.25) is 10.2 Å². The summed E-state index contributed by atoms with van der Waals surface area (Å²) in [5, 5.41) is 2.62. The lowest BCUT2D eigenvalue weighted by atomic mass is 10.1. The van der Waals surface area contributed by atoms with E-state index in [0.29, 0.717) is 24.1 Å². The van der Waals surface area contributed by atoms with Crippen LogP contribution in [0, 0.1) is 11.8 Å². The Morgan fingerprint density at radius 3 is 2.68 bits per heavy atom. The van der Waals surface area contributed by atoms with Crippen molar-refractivity contribution in [3.63, 3.8) is 0 Å². The quantitative estimate of drug-likeness (QED) is 0.260. The van der Waals surface area contributed by atoms with Gasteiger partial charge in [0.05, 0.1) is 0 Å². The second kappa shape index (κ2) is 8.05. The summed E-state index contributed by atoms with van der Waals surface area (Å²) in [6.45, 7) is 5.80. The summed E-state index contributed by atoms with van der Waals surface area (Å²) in [6.07, 6.45) is 0.0166. The van der Waals surface area contributed by atoms with Gasteiger partial charge in [-0.1, -0.05) is 17.9 Å². The molecule has 0 unspecified atom stereocenters. The van der Waals surface area contributed by atoms with E-state index in [0.717, 1.165) is 0 Å². The minimum Gasteiger partial charge on any atom is -0.444 e. The third-order valence-corrected chi connectivity index (χ3v) is 2.41. The fourth-order valence-corrected chi connectivity index (χ4v) is 1.53. The highest BCUT2D eigenvalue weighted by molar-refractivity contribution is 5.94. The van der Waals surface area contributed by atoms with Crippen molar-refractivity contribution in [2.45, 2.75) is 32.8 Å². The number of nitrogens with two attached hydrogens (primary N) is 1. The zero-order valence-electron chi connectivity index (χ0n) is 13.0. The topological polar surface area (TPSA) is 93.4 Å². The molecule has 0 saturated heterocycles. The van der Waals surface area contributed by atoms with Crippen molar-refractivity contribution in [3.05, 3.63) is 35.4 Å². The van der Waals surface area contributed by atoms with Crippen molar-refractivity contribution in [2.75, 3.05) is 6.54 Å². The van der Waals surface area contributed by atoms with E-state index in [9.17, 15) is 9.59 Å². The third-order valence-electron chi connectivity index (χ3n) is 2.41. The number of carbonyl (C=O) groups is 2. The van der Waals surface area contributed by atoms with E-state index in [1.807, 2.05) is 0 Å². The van der Waals surface area contributed by atoms with Gasteiger partial charge in [-0.25, -0.2) is 10.6 Å². The molecule has 0 atom stereocenters. The molecule has 6 heteroatoms. The number of hydrazine groups is 1. The van der Waals surface area contributed by atoms with Crippen molar-refractivity contribution in [1.29, 1.82) is 0 Å². The molecule has 0 saturated carbocycles. The maximum atomic E-state index is 11.4. The van der Waals surface area contributed by atoms with Gasteiger partial charge < -0.3 is 10.1 Å². The van der Waals surface area contributed by atoms with Crippen LogP contribution >= 0.6 is 0 Å². The summed E-state index contributed by atoms with van der Waals surface area (Å²) in [5.41, 5.74) is 2.71. The van der Waals surface area contributed by atoms with Crippen LogP contribution in [0.4, 0.5) is 4.79 Å². The highest BCUT2D eigenvalue weighted by Gasteiger charge is 2.15. The Morgan fingerprint density at radius 1 is 1.32 bits per heavy atom. The van der Waals surface area contributed by atoms with Gasteiger partial charge in [0.2, 0.25) is 0 Å². The molecule has 0 heterocycles. The fourth-order valence-electron chi connectivity index (χ4n) is 1.53. The van der Waals surface area contributed by atoms with Crippen molar-refractivity contribution < 1.29 is 14.3 Å². The van der Waals surface area contributed by atoms with Crippen LogP contribution in [0.15, 0.2) is 24.3 Å². The van der Waals surface area contributed by atoms with Crippen LogP contribution in [-0.2, 0) is 4.74 Å². The number of amides is 2. The molecule has 22 heavy (non-hydrogen) atoms. The molecule has 0 radical (unpaired) electrons. The van der Waals surface area contributed by atoms with E-state index >= 15 is 0 Å². The van der Waals surface area contributed by atoms with E-state index in [1.54, 1.807) is 45.0 Å². The highest BCUT2D eigenvalue weighted by Crippen LogP contribution is 2.06. The minimum absolute atomic E-state index is 0.366. The molecule has 0 spiro atoms. The summed E-state index contributed by atoms with van der Waals surface area (Å²) >= 11 is 0. The molecule has 0 aliphatic rings. The molecule has 0 aliphatic carbocycles. The Bertz CT molecular complexity index is 595. The smallest absolute Gasteiger partial charge is 0.407 e. The number of ether oxygens (including phenoxy) is 1. The number of alkyl carbamates (subject to hydrolysis) is 1. The number of carbonyl (C=O) groups excluding carboxylic acids is 2. The van der Waals surface area contributed by atoms with Gasteiger partial charge in [0, 0.05) is 24.1 Å². The van der Waals surface area contributed by atoms with Crippen LogP contribution in [0.3, 0.4) is 0 Å². The Labute approximate surface area is 130 Å². The van der Waals surface area contributed by atoms with Gasteiger partial charge in [0.25, 0.3) is 5.91 Å². The Kier molecular flexibility index (Phi) is 6.42. The molecule has 0 aliphatic heterocycles. The molecule has 4 N–H and O–H groups in total. The molecule has 2 amide bonds. The highest BCUT2D eigenvalue weighted by atomic mass is 16.6. The Hall–Kier alpha value is -2.52. The average Bonchev–Trinajstić information content (AvgIpc) is 2.44. The summed E-state index contributed by atoms with van der Waals surface area (Å²) < 4.78 is 5.10. The molecular weight excluding hydrogens is 282 g/mol. The van der Waals surface area contributed by atoms with Gasteiger partial charge in [0.1, 0.15) is 5.60 Å². The molecule has 1 aromatic carbocycles. The van der Waals surface area contributed by atoms with E-state index in [2.05, 4.69) is 22.6 Å². The van der Waals surface area contributed by atoms with Gasteiger partial charge in [-0.05, 0) is 39.0 Å². The van der Waals surface area contributed by atoms with Crippen molar-refractivity contribution in [1.82, 2.24) is 10.7 Å². The number of nitrogens with one attached hydrogen (secondary N) is 2. The predicted octanol–water partition coefficient (Wildman–Crippen LogP) is 1.56. The predicted molar refractivity (Wildman–Crippen MR) is 83.8 cm³/mol. The fraction of sp³-hybridized carbons (Fsp3) is 0.375. The first-order valence-electron chi connectivity index (χ1n) is 6.88. The summed E-state index contributed by atoms with van der Waals surface area (Å²) in [4.78, 5) is 22.8. The van der Waals surface area contributed by atoms with Gasteiger partial charge in [-0.2, -0.15) is 0 Å². The van der Waals surface area contributed by atoms with Gasteiger partial charge in [-0.15, -0.1) is 0 Å². The first kappa shape index (κ1) is 17.5. The van der Waals surface area contributed by atoms with Gasteiger partial charge >= 0.3 is 6.09 Å². The Morgan fingerprint density at radius 2 is 2.05 bits per heavy atom. The van der Waals surface area contributed by atoms with Crippen molar-refractivity contribution in [3.8, 4) is 11.8 Å².